The Kier molecular flexibility index (Phi) is 4.32. The first-order chi connectivity index (χ1) is 13.3. The first kappa shape index (κ1) is 17.1. The Bertz CT molecular complexity index is 1110. The lowest BCUT2D eigenvalue weighted by molar-refractivity contribution is 0.385. The summed E-state index contributed by atoms with van der Waals surface area (Å²) >= 11 is 9.97. The molecule has 0 bridgehead atoms. The van der Waals surface area contributed by atoms with Gasteiger partial charge in [0, 0.05) is 43.0 Å². The molecule has 0 fully saturated rings. The van der Waals surface area contributed by atoms with Crippen LogP contribution in [0.5, 0.6) is 0 Å². The van der Waals surface area contributed by atoms with Crippen molar-refractivity contribution in [2.45, 2.75) is 16.2 Å². The highest BCUT2D eigenvalue weighted by Gasteiger charge is 2.34. The lowest BCUT2D eigenvalue weighted by Crippen LogP contribution is -2.15. The van der Waals surface area contributed by atoms with Gasteiger partial charge in [-0.1, -0.05) is 29.8 Å². The predicted octanol–water partition coefficient (Wildman–Crippen LogP) is 6.54. The number of nitrogens with zero attached hydrogens (tertiary/aromatic N) is 1. The second-order valence-electron chi connectivity index (χ2n) is 6.42. The van der Waals surface area contributed by atoms with E-state index in [-0.39, 0.29) is 0 Å². The summed E-state index contributed by atoms with van der Waals surface area (Å²) in [7, 11) is 0. The molecule has 3 heterocycles. The van der Waals surface area contributed by atoms with Gasteiger partial charge < -0.3 is 4.74 Å². The number of fused-ring (bicyclic) bond motifs is 5. The fraction of sp³-hybridized carbons (Fsp3) is 0.136. The summed E-state index contributed by atoms with van der Waals surface area (Å²) in [5.74, 6) is 3.33. The quantitative estimate of drug-likeness (QED) is 0.464. The summed E-state index contributed by atoms with van der Waals surface area (Å²) < 4.78 is 6.35. The number of allylic oxidation sites excluding steroid dienone is 4. The topological polar surface area (TPSA) is 33.0 Å². The molecular formula is C22H14ClNOS2. The maximum absolute atomic E-state index is 9.32. The van der Waals surface area contributed by atoms with Crippen LogP contribution in [0.2, 0.25) is 5.02 Å². The van der Waals surface area contributed by atoms with Gasteiger partial charge in [-0.3, -0.25) is 0 Å². The molecule has 0 saturated carbocycles. The van der Waals surface area contributed by atoms with Gasteiger partial charge in [-0.05, 0) is 41.8 Å². The average Bonchev–Trinajstić information content (AvgIpc) is 2.87. The van der Waals surface area contributed by atoms with Gasteiger partial charge in [0.2, 0.25) is 0 Å². The fourth-order valence-electron chi connectivity index (χ4n) is 3.77. The summed E-state index contributed by atoms with van der Waals surface area (Å²) in [6.07, 6.45) is 2.44. The summed E-state index contributed by atoms with van der Waals surface area (Å²) in [5, 5.41) is 10.0. The number of thioether (sulfide) groups is 2. The molecule has 5 rings (SSSR count). The first-order valence-corrected chi connectivity index (χ1v) is 11.0. The van der Waals surface area contributed by atoms with Crippen molar-refractivity contribution in [3.05, 3.63) is 81.6 Å². The summed E-state index contributed by atoms with van der Waals surface area (Å²) in [4.78, 5) is 2.45. The summed E-state index contributed by atoms with van der Waals surface area (Å²) in [6.45, 7) is 0. The van der Waals surface area contributed by atoms with E-state index >= 15 is 0 Å². The molecule has 0 radical (unpaired) electrons. The van der Waals surface area contributed by atoms with Crippen molar-refractivity contribution in [2.24, 2.45) is 0 Å². The van der Waals surface area contributed by atoms with Crippen molar-refractivity contribution in [1.29, 1.82) is 5.26 Å². The summed E-state index contributed by atoms with van der Waals surface area (Å²) in [5.41, 5.74) is 5.78. The van der Waals surface area contributed by atoms with Crippen LogP contribution in [-0.2, 0) is 4.74 Å². The smallest absolute Gasteiger partial charge is 0.142 e. The van der Waals surface area contributed by atoms with Crippen LogP contribution in [0.25, 0.3) is 11.3 Å². The van der Waals surface area contributed by atoms with Crippen molar-refractivity contribution in [1.82, 2.24) is 0 Å². The Balaban J connectivity index is 1.82. The molecule has 0 saturated heterocycles. The van der Waals surface area contributed by atoms with Gasteiger partial charge in [-0.25, -0.2) is 0 Å². The molecule has 132 valence electrons. The van der Waals surface area contributed by atoms with Crippen molar-refractivity contribution >= 4 is 46.5 Å². The summed E-state index contributed by atoms with van der Waals surface area (Å²) in [6, 6.07) is 16.6. The van der Waals surface area contributed by atoms with E-state index in [1.807, 2.05) is 30.0 Å². The van der Waals surface area contributed by atoms with E-state index in [4.69, 9.17) is 16.3 Å². The molecule has 0 spiro atoms. The number of hydrogen-bond donors (Lipinski definition) is 0. The van der Waals surface area contributed by atoms with Crippen LogP contribution < -0.4 is 0 Å². The maximum atomic E-state index is 9.32. The molecule has 3 aliphatic rings. The third kappa shape index (κ3) is 2.82. The van der Waals surface area contributed by atoms with E-state index in [2.05, 4.69) is 30.3 Å². The standard InChI is InChI=1S/C22H14ClNOS2/c23-13-5-6-20-16(11-13)21-15-8-10-26-19-4-2-1-3-14(19)22(15)25-18(7-9-24)17(21)12-27-20/h1-7,11H,8,10,12H2/b18-7-. The van der Waals surface area contributed by atoms with E-state index in [9.17, 15) is 5.26 Å². The van der Waals surface area contributed by atoms with Crippen LogP contribution in [0, 0.1) is 11.3 Å². The van der Waals surface area contributed by atoms with Crippen LogP contribution in [0.3, 0.4) is 0 Å². The van der Waals surface area contributed by atoms with Crippen molar-refractivity contribution < 1.29 is 4.74 Å². The second-order valence-corrected chi connectivity index (χ2v) is 9.02. The monoisotopic (exact) mass is 407 g/mol. The van der Waals surface area contributed by atoms with E-state index in [0.717, 1.165) is 45.4 Å². The maximum Gasteiger partial charge on any atom is 0.142 e. The molecule has 2 nitrogen and oxygen atoms in total. The molecule has 5 heteroatoms. The third-order valence-electron chi connectivity index (χ3n) is 4.91. The number of rotatable bonds is 0. The zero-order valence-corrected chi connectivity index (χ0v) is 16.7. The Morgan fingerprint density at radius 3 is 2.78 bits per heavy atom. The molecule has 0 N–H and O–H groups in total. The molecule has 0 atom stereocenters. The fourth-order valence-corrected chi connectivity index (χ4v) is 6.02. The van der Waals surface area contributed by atoms with Gasteiger partial charge in [-0.2, -0.15) is 5.26 Å². The Hall–Kier alpha value is -2.06. The van der Waals surface area contributed by atoms with Gasteiger partial charge in [0.25, 0.3) is 0 Å². The Morgan fingerprint density at radius 2 is 1.89 bits per heavy atom. The minimum absolute atomic E-state index is 0.658. The molecule has 27 heavy (non-hydrogen) atoms. The molecule has 0 unspecified atom stereocenters. The normalized spacial score (nSPS) is 19.3. The molecular weight excluding hydrogens is 394 g/mol. The van der Waals surface area contributed by atoms with Crippen molar-refractivity contribution in [3.8, 4) is 6.07 Å². The average molecular weight is 408 g/mol. The van der Waals surface area contributed by atoms with Crippen molar-refractivity contribution in [2.75, 3.05) is 11.5 Å². The van der Waals surface area contributed by atoms with Gasteiger partial charge in [-0.15, -0.1) is 23.5 Å². The molecule has 0 aromatic heterocycles. The van der Waals surface area contributed by atoms with E-state index < -0.39 is 0 Å². The molecule has 3 aliphatic heterocycles. The van der Waals surface area contributed by atoms with Crippen LogP contribution in [0.1, 0.15) is 17.5 Å². The minimum atomic E-state index is 0.658. The number of benzene rings is 2. The number of hydrogen-bond acceptors (Lipinski definition) is 4. The SMILES string of the molecule is N#C/C=C1\OC2=C(CCSc3ccccc32)C2=C1CSc1ccc(Cl)cc12. The highest BCUT2D eigenvalue weighted by atomic mass is 35.5. The number of ether oxygens (including phenoxy) is 1. The molecule has 0 aliphatic carbocycles. The second kappa shape index (κ2) is 6.83. The van der Waals surface area contributed by atoms with Crippen LogP contribution in [0.4, 0.5) is 0 Å². The van der Waals surface area contributed by atoms with E-state index in [1.54, 1.807) is 11.8 Å². The van der Waals surface area contributed by atoms with Gasteiger partial charge in [0.15, 0.2) is 0 Å². The largest absolute Gasteiger partial charge is 0.455 e. The van der Waals surface area contributed by atoms with Gasteiger partial charge in [0.05, 0.1) is 12.1 Å². The predicted molar refractivity (Wildman–Crippen MR) is 113 cm³/mol. The van der Waals surface area contributed by atoms with Crippen LogP contribution >= 0.6 is 35.1 Å². The van der Waals surface area contributed by atoms with Gasteiger partial charge in [0.1, 0.15) is 11.5 Å². The number of nitriles is 1. The zero-order chi connectivity index (χ0) is 18.4. The molecule has 2 aromatic carbocycles. The molecule has 0 amide bonds. The van der Waals surface area contributed by atoms with E-state index in [0.29, 0.717) is 5.76 Å². The van der Waals surface area contributed by atoms with Crippen LogP contribution in [-0.4, -0.2) is 11.5 Å². The molecule has 2 aromatic rings. The van der Waals surface area contributed by atoms with E-state index in [1.165, 1.54) is 27.0 Å². The lowest BCUT2D eigenvalue weighted by Gasteiger charge is -2.32. The zero-order valence-electron chi connectivity index (χ0n) is 14.3. The lowest BCUT2D eigenvalue weighted by atomic mass is 9.86. The number of halogens is 1. The highest BCUT2D eigenvalue weighted by molar-refractivity contribution is 7.99. The Labute approximate surface area is 171 Å². The Morgan fingerprint density at radius 1 is 1.04 bits per heavy atom. The van der Waals surface area contributed by atoms with Crippen molar-refractivity contribution in [3.63, 3.8) is 0 Å². The first-order valence-electron chi connectivity index (χ1n) is 8.66. The van der Waals surface area contributed by atoms with Crippen LogP contribution in [0.15, 0.2) is 75.2 Å². The van der Waals surface area contributed by atoms with Gasteiger partial charge >= 0.3 is 0 Å². The third-order valence-corrected chi connectivity index (χ3v) is 7.32. The minimum Gasteiger partial charge on any atom is -0.455 e. The highest BCUT2D eigenvalue weighted by Crippen LogP contribution is 2.52.